The molecule has 0 aliphatic heterocycles. The average Bonchev–Trinajstić information content (AvgIpc) is 2.70. The molecule has 0 radical (unpaired) electrons. The van der Waals surface area contributed by atoms with E-state index in [0.717, 1.165) is 18.6 Å². The van der Waals surface area contributed by atoms with Crippen LogP contribution in [0.15, 0.2) is 16.7 Å². The molecular weight excluding hydrogens is 140 g/mol. The number of hydrogen-bond donors (Lipinski definition) is 1. The second-order valence-corrected chi connectivity index (χ2v) is 3.33. The molecular formula is C9H12O2. The van der Waals surface area contributed by atoms with Crippen molar-refractivity contribution in [1.82, 2.24) is 0 Å². The molecule has 0 saturated heterocycles. The Morgan fingerprint density at radius 2 is 2.36 bits per heavy atom. The molecule has 0 atom stereocenters. The minimum absolute atomic E-state index is 0.0666. The van der Waals surface area contributed by atoms with Gasteiger partial charge in [0.15, 0.2) is 0 Å². The van der Waals surface area contributed by atoms with Crippen LogP contribution in [0.25, 0.3) is 0 Å². The van der Waals surface area contributed by atoms with E-state index in [2.05, 4.69) is 0 Å². The van der Waals surface area contributed by atoms with Gasteiger partial charge < -0.3 is 9.52 Å². The van der Waals surface area contributed by atoms with E-state index in [-0.39, 0.29) is 12.0 Å². The fraction of sp³-hybridized carbons (Fsp3) is 0.556. The highest BCUT2D eigenvalue weighted by atomic mass is 16.3. The highest BCUT2D eigenvalue weighted by molar-refractivity contribution is 5.32. The molecule has 2 nitrogen and oxygen atoms in total. The standard InChI is InChI=1S/C9H12O2/c1-7-8(2-5-11-7)9(6-10)3-4-9/h2,5,10H,3-4,6H2,1H3. The highest BCUT2D eigenvalue weighted by Crippen LogP contribution is 2.48. The van der Waals surface area contributed by atoms with Crippen LogP contribution in [-0.4, -0.2) is 11.7 Å². The summed E-state index contributed by atoms with van der Waals surface area (Å²) in [4.78, 5) is 0. The predicted octanol–water partition coefficient (Wildman–Crippen LogP) is 1.61. The Hall–Kier alpha value is -0.760. The van der Waals surface area contributed by atoms with Gasteiger partial charge in [0.2, 0.25) is 0 Å². The first-order chi connectivity index (χ1) is 5.28. The molecule has 1 aliphatic rings. The van der Waals surface area contributed by atoms with Crippen molar-refractivity contribution >= 4 is 0 Å². The molecule has 1 aromatic heterocycles. The molecule has 0 aromatic carbocycles. The van der Waals surface area contributed by atoms with E-state index in [4.69, 9.17) is 9.52 Å². The third kappa shape index (κ3) is 0.897. The number of furan rings is 1. The number of aliphatic hydroxyl groups excluding tert-OH is 1. The second kappa shape index (κ2) is 2.11. The lowest BCUT2D eigenvalue weighted by Gasteiger charge is -2.08. The van der Waals surface area contributed by atoms with Gasteiger partial charge in [-0.3, -0.25) is 0 Å². The lowest BCUT2D eigenvalue weighted by atomic mass is 9.98. The predicted molar refractivity (Wildman–Crippen MR) is 41.4 cm³/mol. The summed E-state index contributed by atoms with van der Waals surface area (Å²) < 4.78 is 5.18. The zero-order valence-electron chi connectivity index (χ0n) is 6.63. The van der Waals surface area contributed by atoms with Crippen LogP contribution in [0.4, 0.5) is 0 Å². The van der Waals surface area contributed by atoms with Crippen LogP contribution in [0.3, 0.4) is 0 Å². The summed E-state index contributed by atoms with van der Waals surface area (Å²) >= 11 is 0. The van der Waals surface area contributed by atoms with Gasteiger partial charge >= 0.3 is 0 Å². The average molecular weight is 152 g/mol. The summed E-state index contributed by atoms with van der Waals surface area (Å²) in [5.74, 6) is 0.955. The van der Waals surface area contributed by atoms with Gasteiger partial charge in [-0.25, -0.2) is 0 Å². The zero-order chi connectivity index (χ0) is 7.90. The minimum atomic E-state index is 0.0666. The lowest BCUT2D eigenvalue weighted by Crippen LogP contribution is -2.11. The third-order valence-corrected chi connectivity index (χ3v) is 2.59. The summed E-state index contributed by atoms with van der Waals surface area (Å²) in [7, 11) is 0. The van der Waals surface area contributed by atoms with Crippen LogP contribution < -0.4 is 0 Å². The molecule has 1 saturated carbocycles. The molecule has 2 rings (SSSR count). The lowest BCUT2D eigenvalue weighted by molar-refractivity contribution is 0.253. The van der Waals surface area contributed by atoms with Gasteiger partial charge in [0, 0.05) is 11.0 Å². The van der Waals surface area contributed by atoms with E-state index < -0.39 is 0 Å². The van der Waals surface area contributed by atoms with Crippen molar-refractivity contribution in [2.75, 3.05) is 6.61 Å². The number of hydrogen-bond acceptors (Lipinski definition) is 2. The molecule has 11 heavy (non-hydrogen) atoms. The van der Waals surface area contributed by atoms with Crippen molar-refractivity contribution in [2.45, 2.75) is 25.2 Å². The molecule has 0 unspecified atom stereocenters. The van der Waals surface area contributed by atoms with Crippen molar-refractivity contribution in [2.24, 2.45) is 0 Å². The van der Waals surface area contributed by atoms with E-state index in [1.807, 2.05) is 13.0 Å². The smallest absolute Gasteiger partial charge is 0.104 e. The monoisotopic (exact) mass is 152 g/mol. The van der Waals surface area contributed by atoms with Gasteiger partial charge in [-0.2, -0.15) is 0 Å². The zero-order valence-corrected chi connectivity index (χ0v) is 6.63. The first-order valence-corrected chi connectivity index (χ1v) is 3.94. The van der Waals surface area contributed by atoms with Crippen LogP contribution in [0, 0.1) is 6.92 Å². The largest absolute Gasteiger partial charge is 0.469 e. The van der Waals surface area contributed by atoms with E-state index in [1.54, 1.807) is 6.26 Å². The summed E-state index contributed by atoms with van der Waals surface area (Å²) in [5.41, 5.74) is 1.26. The summed E-state index contributed by atoms with van der Waals surface area (Å²) in [6.07, 6.45) is 3.90. The van der Waals surface area contributed by atoms with Gasteiger partial charge in [0.25, 0.3) is 0 Å². The second-order valence-electron chi connectivity index (χ2n) is 3.33. The molecule has 0 amide bonds. The van der Waals surface area contributed by atoms with Crippen LogP contribution >= 0.6 is 0 Å². The number of rotatable bonds is 2. The van der Waals surface area contributed by atoms with E-state index in [0.29, 0.717) is 0 Å². The van der Waals surface area contributed by atoms with Gasteiger partial charge in [-0.05, 0) is 25.8 Å². The summed E-state index contributed by atoms with van der Waals surface area (Å²) in [6, 6.07) is 1.97. The number of aliphatic hydroxyl groups is 1. The molecule has 0 spiro atoms. The Balaban J connectivity index is 2.35. The van der Waals surface area contributed by atoms with Crippen molar-refractivity contribution in [3.8, 4) is 0 Å². The van der Waals surface area contributed by atoms with Crippen LogP contribution in [0.1, 0.15) is 24.2 Å². The van der Waals surface area contributed by atoms with E-state index in [1.165, 1.54) is 5.56 Å². The molecule has 1 N–H and O–H groups in total. The van der Waals surface area contributed by atoms with Gasteiger partial charge in [-0.1, -0.05) is 0 Å². The van der Waals surface area contributed by atoms with Crippen molar-refractivity contribution in [3.05, 3.63) is 23.7 Å². The maximum absolute atomic E-state index is 9.11. The highest BCUT2D eigenvalue weighted by Gasteiger charge is 2.45. The van der Waals surface area contributed by atoms with E-state index in [9.17, 15) is 0 Å². The maximum atomic E-state index is 9.11. The number of aryl methyl sites for hydroxylation is 1. The fourth-order valence-corrected chi connectivity index (χ4v) is 1.60. The van der Waals surface area contributed by atoms with Crippen molar-refractivity contribution in [3.63, 3.8) is 0 Å². The molecule has 2 heteroatoms. The Bertz CT molecular complexity index is 258. The molecule has 1 aromatic rings. The van der Waals surface area contributed by atoms with Crippen LogP contribution in [0.5, 0.6) is 0 Å². The first-order valence-electron chi connectivity index (χ1n) is 3.94. The topological polar surface area (TPSA) is 33.4 Å². The van der Waals surface area contributed by atoms with Crippen LogP contribution in [-0.2, 0) is 5.41 Å². The van der Waals surface area contributed by atoms with Crippen molar-refractivity contribution in [1.29, 1.82) is 0 Å². The molecule has 60 valence electrons. The maximum Gasteiger partial charge on any atom is 0.104 e. The Morgan fingerprint density at radius 3 is 2.73 bits per heavy atom. The van der Waals surface area contributed by atoms with Gasteiger partial charge in [-0.15, -0.1) is 0 Å². The molecule has 1 heterocycles. The minimum Gasteiger partial charge on any atom is -0.469 e. The van der Waals surface area contributed by atoms with Crippen molar-refractivity contribution < 1.29 is 9.52 Å². The SMILES string of the molecule is Cc1occc1C1(CO)CC1. The van der Waals surface area contributed by atoms with E-state index >= 15 is 0 Å². The first kappa shape index (κ1) is 6.92. The van der Waals surface area contributed by atoms with Gasteiger partial charge in [0.05, 0.1) is 12.9 Å². The summed E-state index contributed by atoms with van der Waals surface area (Å²) in [5, 5.41) is 9.11. The summed E-state index contributed by atoms with van der Waals surface area (Å²) in [6.45, 7) is 2.21. The molecule has 1 aliphatic carbocycles. The Labute approximate surface area is 65.8 Å². The Morgan fingerprint density at radius 1 is 1.64 bits per heavy atom. The van der Waals surface area contributed by atoms with Gasteiger partial charge in [0.1, 0.15) is 5.76 Å². The Kier molecular flexibility index (Phi) is 1.33. The fourth-order valence-electron chi connectivity index (χ4n) is 1.60. The molecule has 0 bridgehead atoms. The van der Waals surface area contributed by atoms with Crippen LogP contribution in [0.2, 0.25) is 0 Å². The normalized spacial score (nSPS) is 20.2. The third-order valence-electron chi connectivity index (χ3n) is 2.59. The molecule has 1 fully saturated rings. The quantitative estimate of drug-likeness (QED) is 0.698.